The molecule has 1 heteroatoms. The second kappa shape index (κ2) is 5.56. The molecule has 3 unspecified atom stereocenters. The molecule has 0 radical (unpaired) electrons. The molecule has 2 aromatic carbocycles. The van der Waals surface area contributed by atoms with Gasteiger partial charge in [0, 0.05) is 18.3 Å². The Hall–Kier alpha value is -1.89. The summed E-state index contributed by atoms with van der Waals surface area (Å²) >= 11 is 0. The van der Waals surface area contributed by atoms with Crippen molar-refractivity contribution in [2.24, 2.45) is 11.8 Å². The first-order valence-electron chi connectivity index (χ1n) is 9.94. The molecule has 0 saturated heterocycles. The Balaban J connectivity index is 1.69. The number of hydrogen-bond donors (Lipinski definition) is 0. The summed E-state index contributed by atoms with van der Waals surface area (Å²) in [6, 6.07) is 11.6. The van der Waals surface area contributed by atoms with Crippen LogP contribution >= 0.6 is 0 Å². The Labute approximate surface area is 150 Å². The molecule has 2 aromatic rings. The third-order valence-corrected chi connectivity index (χ3v) is 6.94. The molecule has 1 fully saturated rings. The van der Waals surface area contributed by atoms with Gasteiger partial charge in [-0.15, -0.1) is 0 Å². The minimum Gasteiger partial charge on any atom is -0.299 e. The fourth-order valence-corrected chi connectivity index (χ4v) is 5.82. The molecule has 1 nitrogen and oxygen atoms in total. The van der Waals surface area contributed by atoms with Crippen LogP contribution in [0.1, 0.15) is 55.7 Å². The molecule has 128 valence electrons. The second-order valence-corrected chi connectivity index (χ2v) is 8.49. The van der Waals surface area contributed by atoms with E-state index >= 15 is 0 Å². The molecule has 3 atom stereocenters. The number of Topliss-reactive ketones (excluding diaryl/α,β-unsaturated/α-hetero) is 1. The molecular weight excluding hydrogens is 304 g/mol. The standard InChI is InChI=1S/C24H26O/c1-2-3-5-17-6-4-7-18-13-23-19(12-22(17)18)11-21(25)15-24(23)14-16-8-9-20(24)10-16/h4,6-9,12-13,16,20H,2-3,5,10-11,14-15H2,1H3. The van der Waals surface area contributed by atoms with Gasteiger partial charge in [-0.25, -0.2) is 0 Å². The van der Waals surface area contributed by atoms with Gasteiger partial charge in [-0.3, -0.25) is 4.79 Å². The fraction of sp³-hybridized carbons (Fsp3) is 0.458. The summed E-state index contributed by atoms with van der Waals surface area (Å²) in [5.41, 5.74) is 4.34. The first-order valence-corrected chi connectivity index (χ1v) is 9.94. The minimum atomic E-state index is 0.0949. The third-order valence-electron chi connectivity index (χ3n) is 6.94. The number of hydrogen-bond acceptors (Lipinski definition) is 1. The Morgan fingerprint density at radius 2 is 2.12 bits per heavy atom. The van der Waals surface area contributed by atoms with Crippen LogP contribution in [0.25, 0.3) is 10.8 Å². The molecule has 3 aliphatic rings. The molecular formula is C24H26O. The summed E-state index contributed by atoms with van der Waals surface area (Å²) in [7, 11) is 0. The zero-order valence-corrected chi connectivity index (χ0v) is 15.1. The lowest BCUT2D eigenvalue weighted by Crippen LogP contribution is -2.38. The van der Waals surface area contributed by atoms with Crippen LogP contribution in [0.3, 0.4) is 0 Å². The molecule has 3 aliphatic carbocycles. The maximum Gasteiger partial charge on any atom is 0.138 e. The highest BCUT2D eigenvalue weighted by atomic mass is 16.1. The first kappa shape index (κ1) is 15.4. The molecule has 0 heterocycles. The van der Waals surface area contributed by atoms with E-state index in [-0.39, 0.29) is 5.41 Å². The number of rotatable bonds is 3. The number of unbranched alkanes of at least 4 members (excludes halogenated alkanes) is 1. The number of aryl methyl sites for hydroxylation is 1. The Bertz CT molecular complexity index is 890. The van der Waals surface area contributed by atoms with E-state index in [2.05, 4.69) is 49.4 Å². The highest BCUT2D eigenvalue weighted by molar-refractivity contribution is 5.92. The van der Waals surface area contributed by atoms with E-state index in [1.54, 1.807) is 0 Å². The van der Waals surface area contributed by atoms with Crippen LogP contribution in [0.5, 0.6) is 0 Å². The normalized spacial score (nSPS) is 29.7. The van der Waals surface area contributed by atoms with Crippen molar-refractivity contribution in [3.8, 4) is 0 Å². The average molecular weight is 330 g/mol. The van der Waals surface area contributed by atoms with Crippen LogP contribution in [-0.2, 0) is 23.1 Å². The van der Waals surface area contributed by atoms with Crippen molar-refractivity contribution in [1.82, 2.24) is 0 Å². The van der Waals surface area contributed by atoms with Crippen molar-refractivity contribution in [1.29, 1.82) is 0 Å². The Morgan fingerprint density at radius 1 is 1.20 bits per heavy atom. The topological polar surface area (TPSA) is 17.1 Å². The third kappa shape index (κ3) is 2.25. The zero-order chi connectivity index (χ0) is 17.0. The van der Waals surface area contributed by atoms with Gasteiger partial charge >= 0.3 is 0 Å². The summed E-state index contributed by atoms with van der Waals surface area (Å²) in [4.78, 5) is 12.6. The van der Waals surface area contributed by atoms with Crippen molar-refractivity contribution < 1.29 is 4.79 Å². The number of carbonyl (C=O) groups is 1. The molecule has 1 saturated carbocycles. The molecule has 5 rings (SSSR count). The molecule has 25 heavy (non-hydrogen) atoms. The van der Waals surface area contributed by atoms with Crippen LogP contribution in [0.15, 0.2) is 42.5 Å². The summed E-state index contributed by atoms with van der Waals surface area (Å²) in [5, 5.41) is 2.74. The van der Waals surface area contributed by atoms with Crippen LogP contribution in [-0.4, -0.2) is 5.78 Å². The lowest BCUT2D eigenvalue weighted by molar-refractivity contribution is -0.120. The van der Waals surface area contributed by atoms with E-state index in [1.807, 2.05) is 0 Å². The predicted molar refractivity (Wildman–Crippen MR) is 103 cm³/mol. The van der Waals surface area contributed by atoms with E-state index in [4.69, 9.17) is 0 Å². The highest BCUT2D eigenvalue weighted by Gasteiger charge is 2.52. The first-order chi connectivity index (χ1) is 12.2. The van der Waals surface area contributed by atoms with Crippen molar-refractivity contribution in [2.75, 3.05) is 0 Å². The largest absolute Gasteiger partial charge is 0.299 e. The van der Waals surface area contributed by atoms with Gasteiger partial charge < -0.3 is 0 Å². The van der Waals surface area contributed by atoms with Gasteiger partial charge in [0.1, 0.15) is 5.78 Å². The van der Waals surface area contributed by atoms with Gasteiger partial charge in [-0.05, 0) is 65.0 Å². The van der Waals surface area contributed by atoms with Crippen molar-refractivity contribution in [3.63, 3.8) is 0 Å². The van der Waals surface area contributed by atoms with Crippen LogP contribution in [0.4, 0.5) is 0 Å². The lowest BCUT2D eigenvalue weighted by Gasteiger charge is -2.40. The van der Waals surface area contributed by atoms with Gasteiger partial charge in [0.15, 0.2) is 0 Å². The zero-order valence-electron chi connectivity index (χ0n) is 15.1. The predicted octanol–water partition coefficient (Wildman–Crippen LogP) is 5.53. The number of allylic oxidation sites excluding steroid dienone is 2. The molecule has 0 N–H and O–H groups in total. The number of ketones is 1. The summed E-state index contributed by atoms with van der Waals surface area (Å²) in [6.07, 6.45) is 12.2. The van der Waals surface area contributed by atoms with Crippen LogP contribution in [0.2, 0.25) is 0 Å². The van der Waals surface area contributed by atoms with E-state index < -0.39 is 0 Å². The lowest BCUT2D eigenvalue weighted by atomic mass is 9.62. The molecule has 2 bridgehead atoms. The van der Waals surface area contributed by atoms with E-state index in [1.165, 1.54) is 53.1 Å². The SMILES string of the molecule is CCCCc1cccc2cc3c(cc12)CC(=O)CC31CC2C=CC1C2. The van der Waals surface area contributed by atoms with Crippen molar-refractivity contribution >= 4 is 16.6 Å². The molecule has 0 amide bonds. The summed E-state index contributed by atoms with van der Waals surface area (Å²) in [5.74, 6) is 1.70. The van der Waals surface area contributed by atoms with Crippen LogP contribution < -0.4 is 0 Å². The van der Waals surface area contributed by atoms with Gasteiger partial charge in [0.05, 0.1) is 0 Å². The number of benzene rings is 2. The minimum absolute atomic E-state index is 0.0949. The fourth-order valence-electron chi connectivity index (χ4n) is 5.82. The monoisotopic (exact) mass is 330 g/mol. The molecule has 0 aromatic heterocycles. The van der Waals surface area contributed by atoms with E-state index in [9.17, 15) is 4.79 Å². The van der Waals surface area contributed by atoms with E-state index in [0.29, 0.717) is 24.0 Å². The quantitative estimate of drug-likeness (QED) is 0.676. The highest BCUT2D eigenvalue weighted by Crippen LogP contribution is 2.58. The molecule has 0 aliphatic heterocycles. The summed E-state index contributed by atoms with van der Waals surface area (Å²) in [6.45, 7) is 2.25. The van der Waals surface area contributed by atoms with Gasteiger partial charge in [0.25, 0.3) is 0 Å². The van der Waals surface area contributed by atoms with Crippen LogP contribution in [0, 0.1) is 11.8 Å². The van der Waals surface area contributed by atoms with Crippen molar-refractivity contribution in [3.05, 3.63) is 59.2 Å². The second-order valence-electron chi connectivity index (χ2n) is 8.49. The van der Waals surface area contributed by atoms with Gasteiger partial charge in [0.2, 0.25) is 0 Å². The number of carbonyl (C=O) groups excluding carboxylic acids is 1. The number of fused-ring (bicyclic) bond motifs is 6. The van der Waals surface area contributed by atoms with Gasteiger partial charge in [-0.1, -0.05) is 55.8 Å². The average Bonchev–Trinajstić information content (AvgIpc) is 3.20. The Kier molecular flexibility index (Phi) is 3.42. The van der Waals surface area contributed by atoms with Crippen molar-refractivity contribution in [2.45, 2.75) is 57.3 Å². The maximum atomic E-state index is 12.6. The van der Waals surface area contributed by atoms with Gasteiger partial charge in [-0.2, -0.15) is 0 Å². The smallest absolute Gasteiger partial charge is 0.138 e. The summed E-state index contributed by atoms with van der Waals surface area (Å²) < 4.78 is 0. The Morgan fingerprint density at radius 3 is 2.88 bits per heavy atom. The molecule has 1 spiro atoms. The van der Waals surface area contributed by atoms with E-state index in [0.717, 1.165) is 12.8 Å². The maximum absolute atomic E-state index is 12.6.